The van der Waals surface area contributed by atoms with Gasteiger partial charge in [-0.15, -0.1) is 0 Å². The van der Waals surface area contributed by atoms with Gasteiger partial charge >= 0.3 is 5.97 Å². The van der Waals surface area contributed by atoms with Crippen molar-refractivity contribution in [2.75, 3.05) is 20.8 Å². The van der Waals surface area contributed by atoms with E-state index in [-0.39, 0.29) is 17.9 Å². The van der Waals surface area contributed by atoms with Crippen LogP contribution in [0.15, 0.2) is 77.9 Å². The SMILES string of the molecule is COc1ccc(C(=O)Oc2ccc3ccccc3c2/C=N\NC(=O)COc2ccc(C)c(C)c2)cc1OC. The number of nitrogens with zero attached hydrogens (tertiary/aromatic N) is 1. The maximum Gasteiger partial charge on any atom is 0.343 e. The molecule has 4 aromatic rings. The predicted molar refractivity (Wildman–Crippen MR) is 146 cm³/mol. The fourth-order valence-electron chi connectivity index (χ4n) is 3.77. The first-order valence-corrected chi connectivity index (χ1v) is 11.9. The van der Waals surface area contributed by atoms with Crippen LogP contribution in [0.25, 0.3) is 10.8 Å². The summed E-state index contributed by atoms with van der Waals surface area (Å²) in [6.07, 6.45) is 1.45. The molecule has 0 aliphatic carbocycles. The number of hydrazone groups is 1. The Balaban J connectivity index is 1.51. The second kappa shape index (κ2) is 11.9. The smallest absolute Gasteiger partial charge is 0.343 e. The molecule has 0 unspecified atom stereocenters. The van der Waals surface area contributed by atoms with Crippen LogP contribution in [0.3, 0.4) is 0 Å². The Bertz CT molecular complexity index is 1510. The molecule has 0 spiro atoms. The fraction of sp³-hybridized carbons (Fsp3) is 0.167. The van der Waals surface area contributed by atoms with Crippen molar-refractivity contribution in [3.05, 3.63) is 95.1 Å². The van der Waals surface area contributed by atoms with Crippen LogP contribution in [0.5, 0.6) is 23.0 Å². The van der Waals surface area contributed by atoms with Gasteiger partial charge in [0, 0.05) is 5.56 Å². The average Bonchev–Trinajstić information content (AvgIpc) is 2.94. The van der Waals surface area contributed by atoms with E-state index in [1.54, 1.807) is 24.3 Å². The molecular formula is C30H28N2O6. The van der Waals surface area contributed by atoms with Crippen LogP contribution in [-0.4, -0.2) is 38.9 Å². The number of ether oxygens (including phenoxy) is 4. The maximum atomic E-state index is 13.0. The van der Waals surface area contributed by atoms with Crippen molar-refractivity contribution >= 4 is 28.9 Å². The van der Waals surface area contributed by atoms with Crippen molar-refractivity contribution in [1.29, 1.82) is 0 Å². The first kappa shape index (κ1) is 26.2. The zero-order valence-electron chi connectivity index (χ0n) is 21.6. The number of aryl methyl sites for hydroxylation is 2. The molecule has 0 heterocycles. The highest BCUT2D eigenvalue weighted by molar-refractivity contribution is 6.04. The number of hydrogen-bond acceptors (Lipinski definition) is 7. The van der Waals surface area contributed by atoms with Gasteiger partial charge in [0.1, 0.15) is 11.5 Å². The molecule has 8 heteroatoms. The third-order valence-electron chi connectivity index (χ3n) is 5.98. The van der Waals surface area contributed by atoms with Crippen LogP contribution >= 0.6 is 0 Å². The molecule has 0 atom stereocenters. The van der Waals surface area contributed by atoms with Gasteiger partial charge in [0.2, 0.25) is 0 Å². The quantitative estimate of drug-likeness (QED) is 0.143. The number of hydrogen-bond donors (Lipinski definition) is 1. The lowest BCUT2D eigenvalue weighted by molar-refractivity contribution is -0.123. The lowest BCUT2D eigenvalue weighted by Crippen LogP contribution is -2.24. The summed E-state index contributed by atoms with van der Waals surface area (Å²) < 4.78 is 21.8. The molecule has 0 saturated heterocycles. The highest BCUT2D eigenvalue weighted by Gasteiger charge is 2.16. The number of fused-ring (bicyclic) bond motifs is 1. The number of methoxy groups -OCH3 is 2. The number of esters is 1. The van der Waals surface area contributed by atoms with Gasteiger partial charge in [0.15, 0.2) is 18.1 Å². The Hall–Kier alpha value is -4.85. The van der Waals surface area contributed by atoms with Gasteiger partial charge < -0.3 is 18.9 Å². The summed E-state index contributed by atoms with van der Waals surface area (Å²) in [5, 5.41) is 5.82. The van der Waals surface area contributed by atoms with Crippen molar-refractivity contribution in [1.82, 2.24) is 5.43 Å². The minimum absolute atomic E-state index is 0.198. The molecule has 0 aliphatic heterocycles. The fourth-order valence-corrected chi connectivity index (χ4v) is 3.77. The molecule has 194 valence electrons. The van der Waals surface area contributed by atoms with Crippen LogP contribution in [0.4, 0.5) is 0 Å². The van der Waals surface area contributed by atoms with Crippen LogP contribution in [0, 0.1) is 13.8 Å². The molecule has 38 heavy (non-hydrogen) atoms. The van der Waals surface area contributed by atoms with E-state index in [2.05, 4.69) is 10.5 Å². The van der Waals surface area contributed by atoms with Crippen molar-refractivity contribution < 1.29 is 28.5 Å². The first-order chi connectivity index (χ1) is 18.4. The van der Waals surface area contributed by atoms with Crippen LogP contribution in [0.1, 0.15) is 27.0 Å². The Morgan fingerprint density at radius 2 is 1.61 bits per heavy atom. The molecule has 4 aromatic carbocycles. The Kier molecular flexibility index (Phi) is 8.23. The molecule has 1 amide bonds. The van der Waals surface area contributed by atoms with E-state index in [4.69, 9.17) is 18.9 Å². The van der Waals surface area contributed by atoms with E-state index in [9.17, 15) is 9.59 Å². The molecule has 8 nitrogen and oxygen atoms in total. The second-order valence-electron chi connectivity index (χ2n) is 8.49. The molecule has 0 bridgehead atoms. The van der Waals surface area contributed by atoms with Gasteiger partial charge in [0.05, 0.1) is 26.0 Å². The Morgan fingerprint density at radius 1 is 0.842 bits per heavy atom. The third-order valence-corrected chi connectivity index (χ3v) is 5.98. The zero-order valence-corrected chi connectivity index (χ0v) is 21.6. The van der Waals surface area contributed by atoms with Gasteiger partial charge in [-0.3, -0.25) is 4.79 Å². The topological polar surface area (TPSA) is 95.5 Å². The molecule has 0 aromatic heterocycles. The van der Waals surface area contributed by atoms with Crippen LogP contribution in [-0.2, 0) is 4.79 Å². The van der Waals surface area contributed by atoms with E-state index in [0.29, 0.717) is 22.8 Å². The number of carbonyl (C=O) groups is 2. The second-order valence-corrected chi connectivity index (χ2v) is 8.49. The van der Waals surface area contributed by atoms with E-state index in [0.717, 1.165) is 21.9 Å². The average molecular weight is 513 g/mol. The number of amides is 1. The van der Waals surface area contributed by atoms with Crippen molar-refractivity contribution in [2.24, 2.45) is 5.10 Å². The summed E-state index contributed by atoms with van der Waals surface area (Å²) in [5.41, 5.74) is 5.51. The number of rotatable bonds is 9. The van der Waals surface area contributed by atoms with Crippen molar-refractivity contribution in [2.45, 2.75) is 13.8 Å². The van der Waals surface area contributed by atoms with Gasteiger partial charge in [-0.2, -0.15) is 5.10 Å². The van der Waals surface area contributed by atoms with Crippen LogP contribution < -0.4 is 24.4 Å². The molecule has 1 N–H and O–H groups in total. The highest BCUT2D eigenvalue weighted by Crippen LogP contribution is 2.30. The molecule has 0 saturated carbocycles. The number of benzene rings is 4. The summed E-state index contributed by atoms with van der Waals surface area (Å²) in [6.45, 7) is 3.79. The molecule has 0 fully saturated rings. The summed E-state index contributed by atoms with van der Waals surface area (Å²) >= 11 is 0. The first-order valence-electron chi connectivity index (χ1n) is 11.9. The van der Waals surface area contributed by atoms with E-state index >= 15 is 0 Å². The molecular weight excluding hydrogens is 484 g/mol. The Morgan fingerprint density at radius 3 is 2.37 bits per heavy atom. The van der Waals surface area contributed by atoms with Gasteiger partial charge in [-0.05, 0) is 72.1 Å². The maximum absolute atomic E-state index is 13.0. The van der Waals surface area contributed by atoms with E-state index in [1.165, 1.54) is 20.4 Å². The number of carbonyl (C=O) groups excluding carboxylic acids is 2. The molecule has 4 rings (SSSR count). The van der Waals surface area contributed by atoms with Gasteiger partial charge in [0.25, 0.3) is 5.91 Å². The predicted octanol–water partition coefficient (Wildman–Crippen LogP) is 5.22. The Labute approximate surface area is 220 Å². The summed E-state index contributed by atoms with van der Waals surface area (Å²) in [4.78, 5) is 25.3. The van der Waals surface area contributed by atoms with Gasteiger partial charge in [-0.1, -0.05) is 36.4 Å². The minimum Gasteiger partial charge on any atom is -0.493 e. The largest absolute Gasteiger partial charge is 0.493 e. The van der Waals surface area contributed by atoms with E-state index in [1.807, 2.05) is 62.4 Å². The summed E-state index contributed by atoms with van der Waals surface area (Å²) in [6, 6.07) is 21.5. The third kappa shape index (κ3) is 6.10. The van der Waals surface area contributed by atoms with Crippen LogP contribution in [0.2, 0.25) is 0 Å². The molecule has 0 radical (unpaired) electrons. The lowest BCUT2D eigenvalue weighted by atomic mass is 10.0. The highest BCUT2D eigenvalue weighted by atomic mass is 16.5. The van der Waals surface area contributed by atoms with E-state index < -0.39 is 11.9 Å². The summed E-state index contributed by atoms with van der Waals surface area (Å²) in [5.74, 6) is 0.789. The minimum atomic E-state index is -0.582. The zero-order chi connectivity index (χ0) is 27.1. The van der Waals surface area contributed by atoms with Crippen molar-refractivity contribution in [3.63, 3.8) is 0 Å². The van der Waals surface area contributed by atoms with Gasteiger partial charge in [-0.25, -0.2) is 10.2 Å². The van der Waals surface area contributed by atoms with Crippen molar-refractivity contribution in [3.8, 4) is 23.0 Å². The number of nitrogens with one attached hydrogen (secondary N) is 1. The molecule has 0 aliphatic rings. The lowest BCUT2D eigenvalue weighted by Gasteiger charge is -2.12. The normalized spacial score (nSPS) is 10.8. The monoisotopic (exact) mass is 512 g/mol. The summed E-state index contributed by atoms with van der Waals surface area (Å²) in [7, 11) is 3.01. The standard InChI is InChI=1S/C30H28N2O6/c1-19-9-12-23(15-20(19)2)37-18-29(33)32-31-17-25-24-8-6-5-7-21(24)10-13-26(25)38-30(34)22-11-14-27(35-3)28(16-22)36-4/h5-17H,18H2,1-4H3,(H,32,33)/b31-17-.